The van der Waals surface area contributed by atoms with E-state index in [4.69, 9.17) is 0 Å². The molecule has 0 radical (unpaired) electrons. The minimum absolute atomic E-state index is 0.0616. The maximum Gasteiger partial charge on any atom is 0.416 e. The molecule has 112 valence electrons. The summed E-state index contributed by atoms with van der Waals surface area (Å²) in [6, 6.07) is 11.3. The second-order valence-electron chi connectivity index (χ2n) is 5.36. The zero-order chi connectivity index (χ0) is 15.6. The van der Waals surface area contributed by atoms with Crippen molar-refractivity contribution in [3.8, 4) is 0 Å². The zero-order valence-electron chi connectivity index (χ0n) is 12.3. The highest BCUT2D eigenvalue weighted by atomic mass is 19.4. The zero-order valence-corrected chi connectivity index (χ0v) is 12.3. The third-order valence-electron chi connectivity index (χ3n) is 3.34. The highest BCUT2D eigenvalue weighted by Gasteiger charge is 2.30. The topological polar surface area (TPSA) is 12.0 Å². The number of nitrogens with one attached hydrogen (secondary N) is 1. The molecule has 0 aliphatic heterocycles. The van der Waals surface area contributed by atoms with Crippen LogP contribution < -0.4 is 5.32 Å². The van der Waals surface area contributed by atoms with E-state index >= 15 is 0 Å². The van der Waals surface area contributed by atoms with Crippen molar-refractivity contribution in [2.24, 2.45) is 0 Å². The van der Waals surface area contributed by atoms with E-state index in [1.54, 1.807) is 0 Å². The predicted octanol–water partition coefficient (Wildman–Crippen LogP) is 5.50. The van der Waals surface area contributed by atoms with Crippen LogP contribution in [0.25, 0.3) is 0 Å². The molecule has 0 amide bonds. The van der Waals surface area contributed by atoms with Crippen LogP contribution in [0.15, 0.2) is 42.5 Å². The molecule has 2 aromatic carbocycles. The van der Waals surface area contributed by atoms with Crippen molar-refractivity contribution in [1.29, 1.82) is 0 Å². The van der Waals surface area contributed by atoms with E-state index in [1.165, 1.54) is 12.1 Å². The van der Waals surface area contributed by atoms with Gasteiger partial charge in [0.1, 0.15) is 0 Å². The molecule has 2 rings (SSSR count). The molecule has 0 saturated heterocycles. The van der Waals surface area contributed by atoms with E-state index in [1.807, 2.05) is 32.9 Å². The number of halogens is 3. The summed E-state index contributed by atoms with van der Waals surface area (Å²) < 4.78 is 37.6. The lowest BCUT2D eigenvalue weighted by molar-refractivity contribution is -0.137. The van der Waals surface area contributed by atoms with Crippen LogP contribution >= 0.6 is 0 Å². The monoisotopic (exact) mass is 293 g/mol. The first-order valence-electron chi connectivity index (χ1n) is 6.78. The van der Waals surface area contributed by atoms with Crippen LogP contribution in [0.4, 0.5) is 18.9 Å². The number of alkyl halides is 3. The summed E-state index contributed by atoms with van der Waals surface area (Å²) in [5.41, 5.74) is 3.47. The van der Waals surface area contributed by atoms with Gasteiger partial charge < -0.3 is 5.32 Å². The minimum atomic E-state index is -4.29. The molecule has 1 atom stereocenters. The third-order valence-corrected chi connectivity index (χ3v) is 3.34. The Balaban J connectivity index is 2.15. The van der Waals surface area contributed by atoms with E-state index in [9.17, 15) is 13.2 Å². The van der Waals surface area contributed by atoms with E-state index in [0.717, 1.165) is 34.5 Å². The SMILES string of the molecule is Cc1cc(C)cc(NC(C)c2ccc(C(F)(F)F)cc2)c1. The van der Waals surface area contributed by atoms with Gasteiger partial charge in [-0.2, -0.15) is 13.2 Å². The normalized spacial score (nSPS) is 13.0. The van der Waals surface area contributed by atoms with Crippen LogP contribution in [0, 0.1) is 13.8 Å². The van der Waals surface area contributed by atoms with Crippen molar-refractivity contribution in [2.75, 3.05) is 5.32 Å². The second kappa shape index (κ2) is 5.80. The van der Waals surface area contributed by atoms with Crippen LogP contribution in [-0.4, -0.2) is 0 Å². The first-order valence-corrected chi connectivity index (χ1v) is 6.78. The van der Waals surface area contributed by atoms with Crippen LogP contribution in [-0.2, 0) is 6.18 Å². The molecule has 1 N–H and O–H groups in total. The van der Waals surface area contributed by atoms with E-state index < -0.39 is 11.7 Å². The lowest BCUT2D eigenvalue weighted by Crippen LogP contribution is -2.09. The number of hydrogen-bond donors (Lipinski definition) is 1. The fraction of sp³-hybridized carbons (Fsp3) is 0.294. The second-order valence-corrected chi connectivity index (χ2v) is 5.36. The molecule has 2 aromatic rings. The Morgan fingerprint density at radius 3 is 1.90 bits per heavy atom. The molecule has 0 aliphatic rings. The van der Waals surface area contributed by atoms with Crippen LogP contribution in [0.1, 0.15) is 35.2 Å². The standard InChI is InChI=1S/C17H18F3N/c1-11-8-12(2)10-16(9-11)21-13(3)14-4-6-15(7-5-14)17(18,19)20/h4-10,13,21H,1-3H3. The summed E-state index contributed by atoms with van der Waals surface area (Å²) in [5, 5.41) is 3.32. The van der Waals surface area contributed by atoms with Gasteiger partial charge in [-0.05, 0) is 61.7 Å². The smallest absolute Gasteiger partial charge is 0.379 e. The Labute approximate surface area is 122 Å². The molecule has 1 nitrogen and oxygen atoms in total. The maximum absolute atomic E-state index is 12.5. The van der Waals surface area contributed by atoms with E-state index in [2.05, 4.69) is 11.4 Å². The van der Waals surface area contributed by atoms with Gasteiger partial charge in [0.2, 0.25) is 0 Å². The molecule has 0 aromatic heterocycles. The van der Waals surface area contributed by atoms with E-state index in [0.29, 0.717) is 0 Å². The molecule has 0 spiro atoms. The molecule has 1 unspecified atom stereocenters. The number of benzene rings is 2. The quantitative estimate of drug-likeness (QED) is 0.788. The van der Waals surface area contributed by atoms with Crippen LogP contribution in [0.3, 0.4) is 0 Å². The number of aryl methyl sites for hydroxylation is 2. The number of anilines is 1. The summed E-state index contributed by atoms with van der Waals surface area (Å²) >= 11 is 0. The first-order chi connectivity index (χ1) is 9.75. The van der Waals surface area contributed by atoms with Gasteiger partial charge in [0.25, 0.3) is 0 Å². The first kappa shape index (κ1) is 15.4. The molecule has 0 bridgehead atoms. The average molecular weight is 293 g/mol. The van der Waals surface area contributed by atoms with E-state index in [-0.39, 0.29) is 6.04 Å². The Morgan fingerprint density at radius 2 is 1.43 bits per heavy atom. The van der Waals surface area contributed by atoms with Crippen molar-refractivity contribution in [3.63, 3.8) is 0 Å². The Kier molecular flexibility index (Phi) is 4.26. The van der Waals surface area contributed by atoms with Gasteiger partial charge >= 0.3 is 6.18 Å². The largest absolute Gasteiger partial charge is 0.416 e. The number of rotatable bonds is 3. The fourth-order valence-corrected chi connectivity index (χ4v) is 2.35. The van der Waals surface area contributed by atoms with Gasteiger partial charge in [-0.3, -0.25) is 0 Å². The van der Waals surface area contributed by atoms with Crippen molar-refractivity contribution >= 4 is 5.69 Å². The van der Waals surface area contributed by atoms with Gasteiger partial charge in [0.05, 0.1) is 5.56 Å². The molecule has 0 fully saturated rings. The lowest BCUT2D eigenvalue weighted by Gasteiger charge is -2.17. The molecule has 0 aliphatic carbocycles. The van der Waals surface area contributed by atoms with Gasteiger partial charge in [-0.25, -0.2) is 0 Å². The molecule has 0 saturated carbocycles. The average Bonchev–Trinajstić information content (AvgIpc) is 2.36. The summed E-state index contributed by atoms with van der Waals surface area (Å²) in [5.74, 6) is 0. The highest BCUT2D eigenvalue weighted by molar-refractivity contribution is 5.50. The third kappa shape index (κ3) is 4.00. The lowest BCUT2D eigenvalue weighted by atomic mass is 10.0. The van der Waals surface area contributed by atoms with Gasteiger partial charge in [0, 0.05) is 11.7 Å². The van der Waals surface area contributed by atoms with Crippen molar-refractivity contribution in [1.82, 2.24) is 0 Å². The van der Waals surface area contributed by atoms with Crippen molar-refractivity contribution in [2.45, 2.75) is 33.0 Å². The van der Waals surface area contributed by atoms with Crippen LogP contribution in [0.2, 0.25) is 0 Å². The van der Waals surface area contributed by atoms with Gasteiger partial charge in [-0.15, -0.1) is 0 Å². The fourth-order valence-electron chi connectivity index (χ4n) is 2.35. The van der Waals surface area contributed by atoms with Crippen LogP contribution in [0.5, 0.6) is 0 Å². The summed E-state index contributed by atoms with van der Waals surface area (Å²) in [4.78, 5) is 0. The Hall–Kier alpha value is -1.97. The predicted molar refractivity (Wildman–Crippen MR) is 79.4 cm³/mol. The van der Waals surface area contributed by atoms with Gasteiger partial charge in [0.15, 0.2) is 0 Å². The Morgan fingerprint density at radius 1 is 0.905 bits per heavy atom. The molecular formula is C17H18F3N. The number of hydrogen-bond acceptors (Lipinski definition) is 1. The molecule has 0 heterocycles. The summed E-state index contributed by atoms with van der Waals surface area (Å²) in [7, 11) is 0. The molecule has 4 heteroatoms. The summed E-state index contributed by atoms with van der Waals surface area (Å²) in [6.07, 6.45) is -4.29. The van der Waals surface area contributed by atoms with Crippen molar-refractivity contribution < 1.29 is 13.2 Å². The molecule has 21 heavy (non-hydrogen) atoms. The summed E-state index contributed by atoms with van der Waals surface area (Å²) in [6.45, 7) is 5.96. The maximum atomic E-state index is 12.5. The highest BCUT2D eigenvalue weighted by Crippen LogP contribution is 2.30. The minimum Gasteiger partial charge on any atom is -0.379 e. The molecular weight excluding hydrogens is 275 g/mol. The van der Waals surface area contributed by atoms with Crippen molar-refractivity contribution in [3.05, 3.63) is 64.7 Å². The Bertz CT molecular complexity index is 595. The van der Waals surface area contributed by atoms with Gasteiger partial charge in [-0.1, -0.05) is 18.2 Å².